The van der Waals surface area contributed by atoms with Crippen LogP contribution in [-0.4, -0.2) is 20.7 Å². The lowest BCUT2D eigenvalue weighted by Gasteiger charge is -2.15. The predicted molar refractivity (Wildman–Crippen MR) is 93.0 cm³/mol. The molecule has 1 unspecified atom stereocenters. The molecule has 2 heterocycles. The van der Waals surface area contributed by atoms with Gasteiger partial charge in [0.25, 0.3) is 5.91 Å². The molecule has 2 aromatic heterocycles. The number of hydrogen-bond acceptors (Lipinski definition) is 3. The first-order chi connectivity index (χ1) is 12.5. The van der Waals surface area contributed by atoms with Crippen molar-refractivity contribution >= 4 is 5.91 Å². The van der Waals surface area contributed by atoms with Crippen LogP contribution in [0.15, 0.2) is 48.8 Å². The van der Waals surface area contributed by atoms with E-state index in [1.54, 1.807) is 29.9 Å². The summed E-state index contributed by atoms with van der Waals surface area (Å²) in [5.74, 6) is -1.12. The number of benzene rings is 1. The predicted octanol–water partition coefficient (Wildman–Crippen LogP) is 3.60. The number of nitrogens with zero attached hydrogens (tertiary/aromatic N) is 3. The van der Waals surface area contributed by atoms with Crippen LogP contribution in [0, 0.1) is 11.6 Å². The minimum atomic E-state index is -0.697. The Bertz CT molecular complexity index is 925. The van der Waals surface area contributed by atoms with E-state index in [0.29, 0.717) is 23.5 Å². The van der Waals surface area contributed by atoms with Crippen molar-refractivity contribution in [2.24, 2.45) is 0 Å². The molecule has 134 valence electrons. The van der Waals surface area contributed by atoms with Crippen LogP contribution in [0.3, 0.4) is 0 Å². The summed E-state index contributed by atoms with van der Waals surface area (Å²) in [6.45, 7) is 3.55. The lowest BCUT2D eigenvalue weighted by atomic mass is 10.1. The van der Waals surface area contributed by atoms with Gasteiger partial charge in [0, 0.05) is 17.8 Å². The zero-order valence-corrected chi connectivity index (χ0v) is 14.4. The van der Waals surface area contributed by atoms with Gasteiger partial charge in [0.05, 0.1) is 23.5 Å². The van der Waals surface area contributed by atoms with Crippen LogP contribution in [-0.2, 0) is 6.42 Å². The Hall–Kier alpha value is -3.09. The Kier molecular flexibility index (Phi) is 5.06. The minimum absolute atomic E-state index is 0.218. The molecule has 3 aromatic rings. The summed E-state index contributed by atoms with van der Waals surface area (Å²) in [7, 11) is 0. The third-order valence-corrected chi connectivity index (χ3v) is 4.09. The summed E-state index contributed by atoms with van der Waals surface area (Å²) in [6.07, 6.45) is 3.69. The van der Waals surface area contributed by atoms with Crippen LogP contribution in [0.2, 0.25) is 0 Å². The molecule has 0 saturated heterocycles. The number of pyridine rings is 1. The lowest BCUT2D eigenvalue weighted by molar-refractivity contribution is 0.0938. The van der Waals surface area contributed by atoms with Crippen molar-refractivity contribution in [3.8, 4) is 5.82 Å². The maximum atomic E-state index is 13.9. The van der Waals surface area contributed by atoms with Gasteiger partial charge in [0.1, 0.15) is 11.6 Å². The average Bonchev–Trinajstić information content (AvgIpc) is 3.06. The van der Waals surface area contributed by atoms with E-state index in [0.717, 1.165) is 12.1 Å². The van der Waals surface area contributed by atoms with E-state index in [2.05, 4.69) is 15.4 Å². The van der Waals surface area contributed by atoms with E-state index in [1.165, 1.54) is 12.3 Å². The molecule has 1 N–H and O–H groups in total. The van der Waals surface area contributed by atoms with Gasteiger partial charge in [-0.25, -0.2) is 18.4 Å². The maximum Gasteiger partial charge on any atom is 0.255 e. The zero-order chi connectivity index (χ0) is 18.7. The Balaban J connectivity index is 1.85. The van der Waals surface area contributed by atoms with Crippen LogP contribution in [0.1, 0.15) is 41.5 Å². The Morgan fingerprint density at radius 3 is 2.73 bits per heavy atom. The zero-order valence-electron chi connectivity index (χ0n) is 14.4. The van der Waals surface area contributed by atoms with E-state index >= 15 is 0 Å². The molecule has 0 fully saturated rings. The molecule has 5 nitrogen and oxygen atoms in total. The van der Waals surface area contributed by atoms with Gasteiger partial charge in [-0.2, -0.15) is 5.10 Å². The van der Waals surface area contributed by atoms with E-state index in [4.69, 9.17) is 0 Å². The van der Waals surface area contributed by atoms with E-state index < -0.39 is 17.7 Å². The molecule has 0 aliphatic rings. The fourth-order valence-corrected chi connectivity index (χ4v) is 2.78. The highest BCUT2D eigenvalue weighted by Gasteiger charge is 2.20. The van der Waals surface area contributed by atoms with Crippen molar-refractivity contribution in [2.45, 2.75) is 26.3 Å². The van der Waals surface area contributed by atoms with E-state index in [-0.39, 0.29) is 11.5 Å². The molecule has 1 aromatic carbocycles. The van der Waals surface area contributed by atoms with Crippen molar-refractivity contribution in [1.82, 2.24) is 20.1 Å². The number of carbonyl (C=O) groups is 1. The SMILES string of the molecule is CCc1c(C(=O)NC(C)c2ccc(F)cc2F)cnn1-c1ccccn1. The van der Waals surface area contributed by atoms with Crippen LogP contribution < -0.4 is 5.32 Å². The van der Waals surface area contributed by atoms with Gasteiger partial charge in [-0.1, -0.05) is 19.1 Å². The van der Waals surface area contributed by atoms with Crippen LogP contribution >= 0.6 is 0 Å². The minimum Gasteiger partial charge on any atom is -0.345 e. The quantitative estimate of drug-likeness (QED) is 0.760. The summed E-state index contributed by atoms with van der Waals surface area (Å²) in [4.78, 5) is 16.9. The second-order valence-corrected chi connectivity index (χ2v) is 5.82. The Labute approximate surface area is 149 Å². The second kappa shape index (κ2) is 7.43. The maximum absolute atomic E-state index is 13.9. The number of hydrogen-bond donors (Lipinski definition) is 1. The van der Waals surface area contributed by atoms with Gasteiger partial charge in [0.2, 0.25) is 0 Å². The Morgan fingerprint density at radius 1 is 1.27 bits per heavy atom. The smallest absolute Gasteiger partial charge is 0.255 e. The summed E-state index contributed by atoms with van der Waals surface area (Å²) >= 11 is 0. The van der Waals surface area contributed by atoms with Gasteiger partial charge in [-0.05, 0) is 31.5 Å². The lowest BCUT2D eigenvalue weighted by Crippen LogP contribution is -2.28. The normalized spacial score (nSPS) is 12.0. The summed E-state index contributed by atoms with van der Waals surface area (Å²) in [5, 5.41) is 6.99. The average molecular weight is 356 g/mol. The van der Waals surface area contributed by atoms with Gasteiger partial charge >= 0.3 is 0 Å². The summed E-state index contributed by atoms with van der Waals surface area (Å²) in [5.41, 5.74) is 1.32. The van der Waals surface area contributed by atoms with Crippen LogP contribution in [0.4, 0.5) is 8.78 Å². The number of carbonyl (C=O) groups excluding carboxylic acids is 1. The van der Waals surface area contributed by atoms with Crippen LogP contribution in [0.25, 0.3) is 5.82 Å². The van der Waals surface area contributed by atoms with Crippen LogP contribution in [0.5, 0.6) is 0 Å². The fourth-order valence-electron chi connectivity index (χ4n) is 2.78. The third-order valence-electron chi connectivity index (χ3n) is 4.09. The molecule has 0 saturated carbocycles. The fraction of sp³-hybridized carbons (Fsp3) is 0.211. The highest BCUT2D eigenvalue weighted by molar-refractivity contribution is 5.95. The second-order valence-electron chi connectivity index (χ2n) is 5.82. The number of nitrogens with one attached hydrogen (secondary N) is 1. The van der Waals surface area contributed by atoms with Crippen molar-refractivity contribution in [2.75, 3.05) is 0 Å². The number of amides is 1. The van der Waals surface area contributed by atoms with E-state index in [9.17, 15) is 13.6 Å². The van der Waals surface area contributed by atoms with Gasteiger partial charge in [0.15, 0.2) is 5.82 Å². The number of aromatic nitrogens is 3. The molecule has 3 rings (SSSR count). The summed E-state index contributed by atoms with van der Waals surface area (Å²) in [6, 6.07) is 8.10. The number of rotatable bonds is 5. The molecule has 0 bridgehead atoms. The van der Waals surface area contributed by atoms with Crippen molar-refractivity contribution in [3.63, 3.8) is 0 Å². The summed E-state index contributed by atoms with van der Waals surface area (Å²) < 4.78 is 28.6. The highest BCUT2D eigenvalue weighted by Crippen LogP contribution is 2.20. The topological polar surface area (TPSA) is 59.8 Å². The molecular formula is C19H18F2N4O. The standard InChI is InChI=1S/C19H18F2N4O/c1-3-17-15(11-23-25(17)18-6-4-5-9-22-18)19(26)24-12(2)14-8-7-13(20)10-16(14)21/h4-12H,3H2,1-2H3,(H,24,26). The molecule has 0 radical (unpaired) electrons. The van der Waals surface area contributed by atoms with Gasteiger partial charge < -0.3 is 5.32 Å². The molecule has 1 amide bonds. The largest absolute Gasteiger partial charge is 0.345 e. The first-order valence-corrected chi connectivity index (χ1v) is 8.25. The number of halogens is 2. The van der Waals surface area contributed by atoms with Gasteiger partial charge in [-0.15, -0.1) is 0 Å². The van der Waals surface area contributed by atoms with Crippen molar-refractivity contribution in [3.05, 3.63) is 77.2 Å². The molecular weight excluding hydrogens is 338 g/mol. The molecule has 26 heavy (non-hydrogen) atoms. The Morgan fingerprint density at radius 2 is 2.08 bits per heavy atom. The van der Waals surface area contributed by atoms with Crippen molar-refractivity contribution in [1.29, 1.82) is 0 Å². The molecule has 0 spiro atoms. The monoisotopic (exact) mass is 356 g/mol. The first kappa shape index (κ1) is 17.7. The van der Waals surface area contributed by atoms with Crippen molar-refractivity contribution < 1.29 is 13.6 Å². The highest BCUT2D eigenvalue weighted by atomic mass is 19.1. The molecule has 7 heteroatoms. The molecule has 1 atom stereocenters. The molecule has 0 aliphatic carbocycles. The third kappa shape index (κ3) is 3.46. The first-order valence-electron chi connectivity index (χ1n) is 8.25. The van der Waals surface area contributed by atoms with E-state index in [1.807, 2.05) is 13.0 Å². The van der Waals surface area contributed by atoms with Gasteiger partial charge in [-0.3, -0.25) is 4.79 Å². The molecule has 0 aliphatic heterocycles.